The molecule has 0 saturated heterocycles. The molecule has 2 aliphatic rings. The fraction of sp³-hybridized carbons (Fsp3) is 0.236. The third-order valence-electron chi connectivity index (χ3n) is 18.1. The Hall–Kier alpha value is -7.77. The minimum Gasteiger partial charge on any atom is -0.367 e. The van der Waals surface area contributed by atoms with Crippen LogP contribution >= 0.6 is 0 Å². The molecule has 0 aliphatic carbocycles. The first-order valence-corrected chi connectivity index (χ1v) is 27.7. The van der Waals surface area contributed by atoms with E-state index in [1.165, 1.54) is 90.3 Å². The molecule has 8 aromatic carbocycles. The second kappa shape index (κ2) is 21.0. The number of hydrogen-bond acceptors (Lipinski definition) is 3. The van der Waals surface area contributed by atoms with E-state index >= 15 is 0 Å². The van der Waals surface area contributed by atoms with Gasteiger partial charge in [-0.25, -0.2) is 0 Å². The molecule has 0 spiro atoms. The predicted octanol–water partition coefficient (Wildman–Crippen LogP) is 16.5. The van der Waals surface area contributed by atoms with Crippen molar-refractivity contribution in [3.05, 3.63) is 257 Å². The summed E-state index contributed by atoms with van der Waals surface area (Å²) < 4.78 is 19.1. The number of nitrogens with zero attached hydrogens (tertiary/aromatic N) is 6. The fourth-order valence-corrected chi connectivity index (χ4v) is 12.2. The largest absolute Gasteiger partial charge is 3.00 e. The summed E-state index contributed by atoms with van der Waals surface area (Å²) in [5.74, 6) is 0.513. The van der Waals surface area contributed by atoms with E-state index in [1.54, 1.807) is 6.07 Å². The molecule has 11 aromatic rings. The van der Waals surface area contributed by atoms with Gasteiger partial charge in [-0.3, -0.25) is 18.7 Å². The van der Waals surface area contributed by atoms with Crippen LogP contribution in [0.15, 0.2) is 188 Å². The van der Waals surface area contributed by atoms with Gasteiger partial charge in [-0.1, -0.05) is 190 Å². The summed E-state index contributed by atoms with van der Waals surface area (Å²) in [6, 6.07) is 71.4. The van der Waals surface area contributed by atoms with Crippen molar-refractivity contribution >= 4 is 11.0 Å². The van der Waals surface area contributed by atoms with Crippen molar-refractivity contribution in [3.63, 3.8) is 0 Å². The van der Waals surface area contributed by atoms with Crippen LogP contribution in [0.5, 0.6) is 0 Å². The van der Waals surface area contributed by atoms with Crippen LogP contribution in [0.3, 0.4) is 0 Å². The molecule has 2 aliphatic heterocycles. The van der Waals surface area contributed by atoms with Crippen molar-refractivity contribution in [1.29, 1.82) is 0 Å². The molecular formula is C72H66FIrN6. The Morgan fingerprint density at radius 3 is 1.36 bits per heavy atom. The quantitative estimate of drug-likeness (QED) is 0.128. The maximum Gasteiger partial charge on any atom is 3.00 e. The molecule has 6 nitrogen and oxygen atoms in total. The van der Waals surface area contributed by atoms with Crippen LogP contribution < -0.4 is 0 Å². The van der Waals surface area contributed by atoms with E-state index in [4.69, 9.17) is 10.2 Å². The first-order valence-electron chi connectivity index (χ1n) is 27.7. The Morgan fingerprint density at radius 2 is 0.900 bits per heavy atom. The van der Waals surface area contributed by atoms with Gasteiger partial charge in [-0.2, -0.15) is 57.7 Å². The van der Waals surface area contributed by atoms with Gasteiger partial charge in [-0.15, -0.1) is 41.0 Å². The van der Waals surface area contributed by atoms with Gasteiger partial charge in [0.1, 0.15) is 0 Å². The Kier molecular flexibility index (Phi) is 14.3. The molecule has 0 radical (unpaired) electrons. The average molecular weight is 1230 g/mol. The molecule has 400 valence electrons. The standard InChI is InChI=1S/C58H56N4.C14H10FN2.Ir/c1-55(2)49-35-39(28-30-51(49)61-53(57(55,5)6)47(37-59-61)44-20-14-10-15-21-44)24-26-41-32-42(34-46(33-41)43-18-12-9-13-19-43)27-25-40-29-31-52-50(36-40)56(3,4)58(7,8)54-48(38-60-62(52)54)45-22-16-11-17-23-45;1-17-13-5-3-2-4-12(13)16-14(17)10-6-8-11(15)9-7-10;/h9-23,28-29,32-38H,24-27H2,1-8H3;2-6,8-9H,1H3;/q-2;-1;+3. The van der Waals surface area contributed by atoms with Crippen molar-refractivity contribution in [1.82, 2.24) is 29.1 Å². The fourth-order valence-electron chi connectivity index (χ4n) is 12.2. The molecule has 5 heterocycles. The first-order chi connectivity index (χ1) is 38.0. The molecule has 0 N–H and O–H groups in total. The summed E-state index contributed by atoms with van der Waals surface area (Å²) in [4.78, 5) is 4.52. The predicted molar refractivity (Wildman–Crippen MR) is 319 cm³/mol. The van der Waals surface area contributed by atoms with Gasteiger partial charge in [0, 0.05) is 34.8 Å². The van der Waals surface area contributed by atoms with E-state index < -0.39 is 0 Å². The molecule has 8 heteroatoms. The summed E-state index contributed by atoms with van der Waals surface area (Å²) in [5.41, 5.74) is 22.1. The number of aryl methyl sites for hydroxylation is 5. The van der Waals surface area contributed by atoms with Crippen LogP contribution in [0.25, 0.3) is 67.2 Å². The summed E-state index contributed by atoms with van der Waals surface area (Å²) in [5, 5.41) is 9.96. The molecule has 3 aromatic heterocycles. The van der Waals surface area contributed by atoms with E-state index in [-0.39, 0.29) is 47.6 Å². The van der Waals surface area contributed by atoms with E-state index in [1.807, 2.05) is 48.3 Å². The maximum atomic E-state index is 12.8. The molecule has 0 bridgehead atoms. The molecule has 0 atom stereocenters. The van der Waals surface area contributed by atoms with Gasteiger partial charge in [0.05, 0.1) is 40.6 Å². The van der Waals surface area contributed by atoms with Crippen molar-refractivity contribution in [3.8, 4) is 56.1 Å². The number of hydrogen-bond donors (Lipinski definition) is 0. The third-order valence-corrected chi connectivity index (χ3v) is 18.1. The topological polar surface area (TPSA) is 53.5 Å². The number of aromatic nitrogens is 6. The van der Waals surface area contributed by atoms with Gasteiger partial charge in [-0.05, 0) is 80.6 Å². The Morgan fingerprint density at radius 1 is 0.450 bits per heavy atom. The molecule has 0 amide bonds. The smallest absolute Gasteiger partial charge is 0.367 e. The number of imidazole rings is 1. The summed E-state index contributed by atoms with van der Waals surface area (Å²) >= 11 is 0. The summed E-state index contributed by atoms with van der Waals surface area (Å²) in [6.07, 6.45) is 7.85. The van der Waals surface area contributed by atoms with Crippen molar-refractivity contribution < 1.29 is 24.5 Å². The zero-order valence-electron chi connectivity index (χ0n) is 47.1. The van der Waals surface area contributed by atoms with Gasteiger partial charge >= 0.3 is 20.1 Å². The average Bonchev–Trinajstić information content (AvgIpc) is 4.32. The van der Waals surface area contributed by atoms with Crippen LogP contribution in [0.2, 0.25) is 0 Å². The number of para-hydroxylation sites is 2. The second-order valence-electron chi connectivity index (χ2n) is 23.7. The van der Waals surface area contributed by atoms with Crippen molar-refractivity contribution in [2.24, 2.45) is 7.05 Å². The zero-order valence-corrected chi connectivity index (χ0v) is 49.5. The van der Waals surface area contributed by atoms with Crippen LogP contribution in [-0.2, 0) is 74.5 Å². The van der Waals surface area contributed by atoms with E-state index in [2.05, 4.69) is 221 Å². The van der Waals surface area contributed by atoms with E-state index in [0.717, 1.165) is 59.5 Å². The van der Waals surface area contributed by atoms with Crippen molar-refractivity contribution in [2.75, 3.05) is 0 Å². The monoisotopic (exact) mass is 1230 g/mol. The van der Waals surface area contributed by atoms with Crippen LogP contribution in [0.4, 0.5) is 4.39 Å². The van der Waals surface area contributed by atoms with Gasteiger partial charge in [0.2, 0.25) is 0 Å². The van der Waals surface area contributed by atoms with Gasteiger partial charge in [0.25, 0.3) is 0 Å². The van der Waals surface area contributed by atoms with Crippen LogP contribution in [0.1, 0.15) is 100 Å². The number of halogens is 1. The number of benzene rings is 8. The molecule has 0 saturated carbocycles. The third kappa shape index (κ3) is 9.40. The van der Waals surface area contributed by atoms with E-state index in [9.17, 15) is 4.39 Å². The first kappa shape index (κ1) is 54.2. The molecule has 0 fully saturated rings. The SMILES string of the molecule is CC1(C)c2cc(CCc3cc(CCc4c[c-]c5c(c4)C(C)(C)C(C)(C)c4c(-c6ccccc6)cnn4-5)cc(-c4ccccc4)c3)c[c-]c2-n2ncc(-c3ccccc3)c2C1(C)C.Cn1c(-c2[c-]cc(F)cc2)nc2ccccc21.[Ir+3]. The Labute approximate surface area is 484 Å². The summed E-state index contributed by atoms with van der Waals surface area (Å²) in [6.45, 7) is 19.1. The molecular weight excluding hydrogens is 1160 g/mol. The van der Waals surface area contributed by atoms with Gasteiger partial charge in [0.15, 0.2) is 0 Å². The van der Waals surface area contributed by atoms with Crippen LogP contribution in [-0.4, -0.2) is 29.1 Å². The maximum absolute atomic E-state index is 12.8. The second-order valence-corrected chi connectivity index (χ2v) is 23.7. The van der Waals surface area contributed by atoms with Crippen LogP contribution in [0, 0.1) is 24.0 Å². The normalized spacial score (nSPS) is 14.9. The minimum absolute atomic E-state index is 0. The van der Waals surface area contributed by atoms with Crippen molar-refractivity contribution in [2.45, 2.75) is 103 Å². The molecule has 13 rings (SSSR count). The number of rotatable bonds is 10. The Balaban J connectivity index is 0.000000318. The Bertz CT molecular complexity index is 3850. The summed E-state index contributed by atoms with van der Waals surface area (Å²) in [7, 11) is 1.95. The zero-order chi connectivity index (χ0) is 54.8. The molecule has 0 unspecified atom stereocenters. The number of fused-ring (bicyclic) bond motifs is 7. The van der Waals surface area contributed by atoms with Gasteiger partial charge < -0.3 is 4.57 Å². The van der Waals surface area contributed by atoms with E-state index in [0.29, 0.717) is 0 Å². The minimum atomic E-state index is -0.285. The molecule has 80 heavy (non-hydrogen) atoms.